The lowest BCUT2D eigenvalue weighted by atomic mass is 10.3. The summed E-state index contributed by atoms with van der Waals surface area (Å²) in [4.78, 5) is 21.8. The van der Waals surface area contributed by atoms with Gasteiger partial charge in [-0.15, -0.1) is 11.3 Å². The average molecular weight is 310 g/mol. The normalized spacial score (nSPS) is 9.38. The summed E-state index contributed by atoms with van der Waals surface area (Å²) in [6.07, 6.45) is 0.422. The molecule has 0 aromatic carbocycles. The molecule has 0 radical (unpaired) electrons. The minimum atomic E-state index is -0.283. The van der Waals surface area contributed by atoms with Crippen molar-refractivity contribution in [2.24, 2.45) is 0 Å². The molecule has 0 spiro atoms. The highest BCUT2D eigenvalue weighted by atomic mass is 127. The molecule has 0 saturated heterocycles. The largest absolute Gasteiger partial charge is 0.280 e. The molecule has 13 heavy (non-hydrogen) atoms. The van der Waals surface area contributed by atoms with Gasteiger partial charge in [-0.3, -0.25) is 20.4 Å². The first-order valence-corrected chi connectivity index (χ1v) is 5.35. The van der Waals surface area contributed by atoms with Gasteiger partial charge in [0.25, 0.3) is 5.91 Å². The zero-order chi connectivity index (χ0) is 9.84. The van der Waals surface area contributed by atoms with Gasteiger partial charge in [0.2, 0.25) is 6.41 Å². The van der Waals surface area contributed by atoms with Crippen molar-refractivity contribution in [2.45, 2.75) is 6.92 Å². The van der Waals surface area contributed by atoms with E-state index in [1.54, 1.807) is 0 Å². The van der Waals surface area contributed by atoms with Gasteiger partial charge in [-0.25, -0.2) is 0 Å². The molecule has 6 heteroatoms. The van der Waals surface area contributed by atoms with E-state index in [2.05, 4.69) is 33.4 Å². The standard InChI is InChI=1S/C7H7IN2O2S/c1-4-2-13-6(5(4)8)7(12)10-9-3-11/h2-3H,1H3,(H,9,11)(H,10,12). The number of carbonyl (C=O) groups excluding carboxylic acids is 2. The molecule has 1 heterocycles. The Balaban J connectivity index is 2.77. The molecule has 0 saturated carbocycles. The third-order valence-electron chi connectivity index (χ3n) is 1.35. The lowest BCUT2D eigenvalue weighted by Crippen LogP contribution is -2.36. The first-order chi connectivity index (χ1) is 6.16. The Bertz CT molecular complexity index is 337. The molecule has 0 unspecified atom stereocenters. The molecular weight excluding hydrogens is 303 g/mol. The number of halogens is 1. The number of hydrazine groups is 1. The van der Waals surface area contributed by atoms with E-state index in [1.165, 1.54) is 11.3 Å². The average Bonchev–Trinajstić information content (AvgIpc) is 2.44. The maximum Gasteiger partial charge on any atom is 0.280 e. The fourth-order valence-corrected chi connectivity index (χ4v) is 2.56. The van der Waals surface area contributed by atoms with Gasteiger partial charge in [0.15, 0.2) is 0 Å². The predicted octanol–water partition coefficient (Wildman–Crippen LogP) is 1.05. The van der Waals surface area contributed by atoms with E-state index in [1.807, 2.05) is 12.3 Å². The lowest BCUT2D eigenvalue weighted by Gasteiger charge is -2.00. The molecule has 1 aromatic rings. The summed E-state index contributed by atoms with van der Waals surface area (Å²) in [5, 5.41) is 1.90. The number of nitrogens with one attached hydrogen (secondary N) is 2. The van der Waals surface area contributed by atoms with Gasteiger partial charge in [0.1, 0.15) is 4.88 Å². The van der Waals surface area contributed by atoms with Crippen LogP contribution in [-0.2, 0) is 4.79 Å². The van der Waals surface area contributed by atoms with Crippen molar-refractivity contribution in [1.82, 2.24) is 10.9 Å². The number of aryl methyl sites for hydroxylation is 1. The van der Waals surface area contributed by atoms with Crippen molar-refractivity contribution in [1.29, 1.82) is 0 Å². The van der Waals surface area contributed by atoms with Crippen molar-refractivity contribution in [2.75, 3.05) is 0 Å². The van der Waals surface area contributed by atoms with Gasteiger partial charge in [-0.2, -0.15) is 0 Å². The topological polar surface area (TPSA) is 58.2 Å². The molecule has 0 bridgehead atoms. The van der Waals surface area contributed by atoms with Crippen LogP contribution in [-0.4, -0.2) is 12.3 Å². The van der Waals surface area contributed by atoms with Crippen LogP contribution in [0.3, 0.4) is 0 Å². The smallest absolute Gasteiger partial charge is 0.277 e. The Morgan fingerprint density at radius 3 is 2.85 bits per heavy atom. The van der Waals surface area contributed by atoms with Gasteiger partial charge in [0.05, 0.1) is 0 Å². The first kappa shape index (κ1) is 10.5. The lowest BCUT2D eigenvalue weighted by molar-refractivity contribution is -0.110. The van der Waals surface area contributed by atoms with Crippen LogP contribution in [0.5, 0.6) is 0 Å². The van der Waals surface area contributed by atoms with E-state index in [4.69, 9.17) is 0 Å². The van der Waals surface area contributed by atoms with Crippen molar-refractivity contribution in [3.63, 3.8) is 0 Å². The third-order valence-corrected chi connectivity index (χ3v) is 4.20. The molecule has 1 aromatic heterocycles. The van der Waals surface area contributed by atoms with Crippen LogP contribution in [0.2, 0.25) is 0 Å². The van der Waals surface area contributed by atoms with Crippen LogP contribution >= 0.6 is 33.9 Å². The Morgan fingerprint density at radius 2 is 2.38 bits per heavy atom. The van der Waals surface area contributed by atoms with E-state index in [9.17, 15) is 9.59 Å². The molecule has 0 aliphatic rings. The summed E-state index contributed by atoms with van der Waals surface area (Å²) in [7, 11) is 0. The van der Waals surface area contributed by atoms with Gasteiger partial charge < -0.3 is 0 Å². The molecule has 1 rings (SSSR count). The fraction of sp³-hybridized carbons (Fsp3) is 0.143. The number of rotatable bonds is 3. The van der Waals surface area contributed by atoms with Crippen molar-refractivity contribution < 1.29 is 9.59 Å². The summed E-state index contributed by atoms with van der Waals surface area (Å²) < 4.78 is 0.924. The summed E-state index contributed by atoms with van der Waals surface area (Å²) in [5.74, 6) is -0.283. The molecule has 70 valence electrons. The molecule has 0 aliphatic carbocycles. The number of carbonyl (C=O) groups is 2. The van der Waals surface area contributed by atoms with Crippen LogP contribution in [0.1, 0.15) is 15.2 Å². The highest BCUT2D eigenvalue weighted by molar-refractivity contribution is 14.1. The Labute approximate surface area is 92.8 Å². The number of thiophene rings is 1. The molecule has 2 N–H and O–H groups in total. The number of hydrogen-bond acceptors (Lipinski definition) is 3. The second kappa shape index (κ2) is 4.56. The van der Waals surface area contributed by atoms with Gasteiger partial charge in [0, 0.05) is 3.57 Å². The summed E-state index contributed by atoms with van der Waals surface area (Å²) in [6.45, 7) is 1.93. The molecule has 0 aliphatic heterocycles. The minimum Gasteiger partial charge on any atom is -0.277 e. The van der Waals surface area contributed by atoms with E-state index in [-0.39, 0.29) is 5.91 Å². The summed E-state index contributed by atoms with van der Waals surface area (Å²) in [6, 6.07) is 0. The van der Waals surface area contributed by atoms with Gasteiger partial charge in [-0.05, 0) is 40.5 Å². The molecular formula is C7H7IN2O2S. The van der Waals surface area contributed by atoms with Crippen LogP contribution < -0.4 is 10.9 Å². The van der Waals surface area contributed by atoms with Crippen LogP contribution in [0.25, 0.3) is 0 Å². The summed E-state index contributed by atoms with van der Waals surface area (Å²) >= 11 is 3.46. The van der Waals surface area contributed by atoms with Crippen molar-refractivity contribution in [3.05, 3.63) is 19.4 Å². The van der Waals surface area contributed by atoms with Crippen molar-refractivity contribution in [3.8, 4) is 0 Å². The van der Waals surface area contributed by atoms with E-state index >= 15 is 0 Å². The van der Waals surface area contributed by atoms with Crippen LogP contribution in [0.4, 0.5) is 0 Å². The van der Waals surface area contributed by atoms with Crippen molar-refractivity contribution >= 4 is 46.2 Å². The molecule has 2 amide bonds. The van der Waals surface area contributed by atoms with Gasteiger partial charge in [-0.1, -0.05) is 0 Å². The van der Waals surface area contributed by atoms with E-state index < -0.39 is 0 Å². The zero-order valence-corrected chi connectivity index (χ0v) is 9.73. The first-order valence-electron chi connectivity index (χ1n) is 3.40. The SMILES string of the molecule is Cc1csc(C(=O)NNC=O)c1I. The minimum absolute atomic E-state index is 0.283. The zero-order valence-electron chi connectivity index (χ0n) is 6.76. The highest BCUT2D eigenvalue weighted by Crippen LogP contribution is 2.23. The number of hydrogen-bond donors (Lipinski definition) is 2. The Kier molecular flexibility index (Phi) is 3.67. The second-order valence-electron chi connectivity index (χ2n) is 2.28. The van der Waals surface area contributed by atoms with Crippen LogP contribution in [0.15, 0.2) is 5.38 Å². The molecule has 0 fully saturated rings. The Hall–Kier alpha value is -0.630. The number of amides is 2. The maximum atomic E-state index is 11.3. The summed E-state index contributed by atoms with van der Waals surface area (Å²) in [5.41, 5.74) is 5.43. The fourth-order valence-electron chi connectivity index (χ4n) is 0.735. The quantitative estimate of drug-likeness (QED) is 0.498. The predicted molar refractivity (Wildman–Crippen MR) is 58.4 cm³/mol. The Morgan fingerprint density at radius 1 is 1.69 bits per heavy atom. The third kappa shape index (κ3) is 2.41. The monoisotopic (exact) mass is 310 g/mol. The molecule has 0 atom stereocenters. The highest BCUT2D eigenvalue weighted by Gasteiger charge is 2.12. The maximum absolute atomic E-state index is 11.3. The van der Waals surface area contributed by atoms with E-state index in [0.717, 1.165) is 9.13 Å². The van der Waals surface area contributed by atoms with Crippen LogP contribution in [0, 0.1) is 10.5 Å². The second-order valence-corrected chi connectivity index (χ2v) is 4.24. The molecule has 4 nitrogen and oxygen atoms in total. The van der Waals surface area contributed by atoms with Gasteiger partial charge >= 0.3 is 0 Å². The van der Waals surface area contributed by atoms with E-state index in [0.29, 0.717) is 11.3 Å².